The number of carbonyl (C=O) groups excluding carboxylic acids is 2. The second-order valence-corrected chi connectivity index (χ2v) is 6.27. The zero-order valence-corrected chi connectivity index (χ0v) is 14.1. The number of hydrogen-bond donors (Lipinski definition) is 1. The first-order valence-corrected chi connectivity index (χ1v) is 7.97. The van der Waals surface area contributed by atoms with Crippen molar-refractivity contribution in [3.8, 4) is 11.1 Å². The van der Waals surface area contributed by atoms with E-state index in [9.17, 15) is 9.59 Å². The van der Waals surface area contributed by atoms with Gasteiger partial charge in [-0.3, -0.25) is 4.79 Å². The van der Waals surface area contributed by atoms with Crippen molar-refractivity contribution in [1.82, 2.24) is 0 Å². The van der Waals surface area contributed by atoms with Crippen LogP contribution in [0.5, 0.6) is 0 Å². The maximum absolute atomic E-state index is 12.2. The molecule has 1 N–H and O–H groups in total. The zero-order valence-electron chi connectivity index (χ0n) is 12.5. The second-order valence-electron chi connectivity index (χ2n) is 4.78. The summed E-state index contributed by atoms with van der Waals surface area (Å²) in [6.07, 6.45) is 0. The molecule has 0 aliphatic carbocycles. The minimum absolute atomic E-state index is 0.169. The van der Waals surface area contributed by atoms with Gasteiger partial charge in [0.25, 0.3) is 0 Å². The first kappa shape index (κ1) is 16.5. The van der Waals surface area contributed by atoms with Crippen molar-refractivity contribution in [2.75, 3.05) is 18.3 Å². The molecule has 4 nitrogen and oxygen atoms in total. The Kier molecular flexibility index (Phi) is 5.21. The van der Waals surface area contributed by atoms with E-state index in [4.69, 9.17) is 16.3 Å². The summed E-state index contributed by atoms with van der Waals surface area (Å²) >= 11 is 6.86. The first-order valence-electron chi connectivity index (χ1n) is 6.62. The quantitative estimate of drug-likeness (QED) is 0.677. The van der Waals surface area contributed by atoms with E-state index in [0.29, 0.717) is 10.6 Å². The highest BCUT2D eigenvalue weighted by Gasteiger charge is 2.24. The van der Waals surface area contributed by atoms with Gasteiger partial charge in [0.05, 0.1) is 7.11 Å². The van der Waals surface area contributed by atoms with Crippen LogP contribution in [0.1, 0.15) is 20.8 Å². The van der Waals surface area contributed by atoms with Gasteiger partial charge in [0.1, 0.15) is 16.4 Å². The van der Waals surface area contributed by atoms with Crippen molar-refractivity contribution in [2.45, 2.75) is 13.8 Å². The van der Waals surface area contributed by atoms with Gasteiger partial charge in [0, 0.05) is 10.4 Å². The monoisotopic (exact) mass is 337 g/mol. The van der Waals surface area contributed by atoms with E-state index in [-0.39, 0.29) is 11.8 Å². The summed E-state index contributed by atoms with van der Waals surface area (Å²) in [5.41, 5.74) is 3.19. The predicted octanol–water partition coefficient (Wildman–Crippen LogP) is 4.00. The van der Waals surface area contributed by atoms with Gasteiger partial charge in [-0.25, -0.2) is 4.79 Å². The average molecular weight is 338 g/mol. The molecule has 0 saturated heterocycles. The van der Waals surface area contributed by atoms with Gasteiger partial charge in [-0.15, -0.1) is 22.9 Å². The third-order valence-corrected chi connectivity index (χ3v) is 4.45. The van der Waals surface area contributed by atoms with Gasteiger partial charge in [0.2, 0.25) is 5.91 Å². The molecule has 0 saturated carbocycles. The van der Waals surface area contributed by atoms with Crippen LogP contribution in [-0.4, -0.2) is 24.9 Å². The number of amides is 1. The summed E-state index contributed by atoms with van der Waals surface area (Å²) < 4.78 is 4.87. The third-order valence-electron chi connectivity index (χ3n) is 3.19. The number of halogens is 1. The summed E-state index contributed by atoms with van der Waals surface area (Å²) in [5.74, 6) is -1.01. The summed E-state index contributed by atoms with van der Waals surface area (Å²) in [7, 11) is 1.32. The van der Waals surface area contributed by atoms with Crippen molar-refractivity contribution in [3.05, 3.63) is 40.3 Å². The van der Waals surface area contributed by atoms with Gasteiger partial charge < -0.3 is 10.1 Å². The lowest BCUT2D eigenvalue weighted by Gasteiger charge is -2.07. The number of aryl methyl sites for hydroxylation is 2. The number of ether oxygens (including phenoxy) is 1. The summed E-state index contributed by atoms with van der Waals surface area (Å²) in [6.45, 7) is 3.90. The molecule has 1 aromatic heterocycles. The molecule has 0 unspecified atom stereocenters. The lowest BCUT2D eigenvalue weighted by atomic mass is 10.0. The Labute approximate surface area is 138 Å². The van der Waals surface area contributed by atoms with Gasteiger partial charge in [-0.1, -0.05) is 29.8 Å². The standard InChI is InChI=1S/C16H16ClNO3S/c1-9-4-6-11(7-5-9)13-10(2)22-15(18-12(19)8-17)14(13)16(20)21-3/h4-7H,8H2,1-3H3,(H,18,19). The average Bonchev–Trinajstić information content (AvgIpc) is 2.83. The molecular formula is C16H16ClNO3S. The summed E-state index contributed by atoms with van der Waals surface area (Å²) in [5, 5.41) is 3.13. The van der Waals surface area contributed by atoms with Crippen LogP contribution in [-0.2, 0) is 9.53 Å². The van der Waals surface area contributed by atoms with Crippen molar-refractivity contribution >= 4 is 39.8 Å². The number of hydrogen-bond acceptors (Lipinski definition) is 4. The van der Waals surface area contributed by atoms with E-state index < -0.39 is 5.97 Å². The molecule has 1 amide bonds. The molecule has 0 bridgehead atoms. The second kappa shape index (κ2) is 6.94. The number of methoxy groups -OCH3 is 1. The molecular weight excluding hydrogens is 322 g/mol. The lowest BCUT2D eigenvalue weighted by Crippen LogP contribution is -2.14. The van der Waals surface area contributed by atoms with E-state index >= 15 is 0 Å². The summed E-state index contributed by atoms with van der Waals surface area (Å²) in [4.78, 5) is 24.7. The number of benzene rings is 1. The van der Waals surface area contributed by atoms with E-state index in [1.165, 1.54) is 18.4 Å². The van der Waals surface area contributed by atoms with Crippen LogP contribution < -0.4 is 5.32 Å². The fourth-order valence-electron chi connectivity index (χ4n) is 2.16. The van der Waals surface area contributed by atoms with Crippen LogP contribution in [0.15, 0.2) is 24.3 Å². The van der Waals surface area contributed by atoms with E-state index in [1.807, 2.05) is 38.1 Å². The molecule has 2 aromatic rings. The summed E-state index contributed by atoms with van der Waals surface area (Å²) in [6, 6.07) is 7.85. The molecule has 22 heavy (non-hydrogen) atoms. The molecule has 116 valence electrons. The van der Waals surface area contributed by atoms with Crippen LogP contribution in [0.25, 0.3) is 11.1 Å². The number of rotatable bonds is 4. The van der Waals surface area contributed by atoms with Crippen LogP contribution in [0, 0.1) is 13.8 Å². The molecule has 0 radical (unpaired) electrons. The van der Waals surface area contributed by atoms with Crippen LogP contribution in [0.4, 0.5) is 5.00 Å². The van der Waals surface area contributed by atoms with Crippen molar-refractivity contribution in [2.24, 2.45) is 0 Å². The van der Waals surface area contributed by atoms with Crippen LogP contribution in [0.2, 0.25) is 0 Å². The molecule has 0 aliphatic heterocycles. The molecule has 1 heterocycles. The number of nitrogens with one attached hydrogen (secondary N) is 1. The fraction of sp³-hybridized carbons (Fsp3) is 0.250. The topological polar surface area (TPSA) is 55.4 Å². The molecule has 0 fully saturated rings. The minimum atomic E-state index is -0.482. The van der Waals surface area contributed by atoms with Crippen molar-refractivity contribution in [1.29, 1.82) is 0 Å². The molecule has 0 aliphatic rings. The molecule has 0 spiro atoms. The maximum Gasteiger partial charge on any atom is 0.341 e. The molecule has 1 aromatic carbocycles. The SMILES string of the molecule is COC(=O)c1c(NC(=O)CCl)sc(C)c1-c1ccc(C)cc1. The Bertz CT molecular complexity index is 707. The van der Waals surface area contributed by atoms with E-state index in [0.717, 1.165) is 21.6 Å². The predicted molar refractivity (Wildman–Crippen MR) is 89.9 cm³/mol. The Morgan fingerprint density at radius 2 is 1.86 bits per heavy atom. The maximum atomic E-state index is 12.2. The van der Waals surface area contributed by atoms with E-state index in [2.05, 4.69) is 5.32 Å². The molecule has 2 rings (SSSR count). The number of carbonyl (C=O) groups is 2. The van der Waals surface area contributed by atoms with Gasteiger partial charge in [-0.2, -0.15) is 0 Å². The lowest BCUT2D eigenvalue weighted by molar-refractivity contribution is -0.113. The largest absolute Gasteiger partial charge is 0.465 e. The normalized spacial score (nSPS) is 10.4. The van der Waals surface area contributed by atoms with Crippen molar-refractivity contribution < 1.29 is 14.3 Å². The third kappa shape index (κ3) is 3.31. The minimum Gasteiger partial charge on any atom is -0.465 e. The van der Waals surface area contributed by atoms with Gasteiger partial charge >= 0.3 is 5.97 Å². The highest BCUT2D eigenvalue weighted by atomic mass is 35.5. The first-order chi connectivity index (χ1) is 10.5. The number of esters is 1. The smallest absolute Gasteiger partial charge is 0.341 e. The van der Waals surface area contributed by atoms with Crippen LogP contribution in [0.3, 0.4) is 0 Å². The van der Waals surface area contributed by atoms with Gasteiger partial charge in [-0.05, 0) is 19.4 Å². The Balaban J connectivity index is 2.59. The number of anilines is 1. The van der Waals surface area contributed by atoms with E-state index in [1.54, 1.807) is 0 Å². The molecule has 6 heteroatoms. The Morgan fingerprint density at radius 1 is 1.23 bits per heavy atom. The Hall–Kier alpha value is -1.85. The van der Waals surface area contributed by atoms with Gasteiger partial charge in [0.15, 0.2) is 0 Å². The fourth-order valence-corrected chi connectivity index (χ4v) is 3.30. The van der Waals surface area contributed by atoms with Crippen LogP contribution >= 0.6 is 22.9 Å². The highest BCUT2D eigenvalue weighted by molar-refractivity contribution is 7.17. The van der Waals surface area contributed by atoms with Crippen molar-refractivity contribution in [3.63, 3.8) is 0 Å². The zero-order chi connectivity index (χ0) is 16.3. The molecule has 0 atom stereocenters. The highest BCUT2D eigenvalue weighted by Crippen LogP contribution is 2.40. The number of thiophene rings is 1. The number of alkyl halides is 1. The Morgan fingerprint density at radius 3 is 2.41 bits per heavy atom.